The van der Waals surface area contributed by atoms with Crippen molar-refractivity contribution in [2.75, 3.05) is 4.72 Å². The maximum absolute atomic E-state index is 12.8. The number of rotatable bonds is 4. The number of para-hydroxylation sites is 1. The molecular weight excluding hydrogens is 433 g/mol. The van der Waals surface area contributed by atoms with E-state index in [4.69, 9.17) is 28.3 Å². The van der Waals surface area contributed by atoms with Gasteiger partial charge in [-0.15, -0.1) is 0 Å². The molecule has 146 valence electrons. The SMILES string of the molecule is O=C(O)c1ccc(C#Cc2ccccc2NS(=O)(=O)c2c(Cl)cccc2Cl)cc1. The first-order valence-electron chi connectivity index (χ1n) is 8.19. The van der Waals surface area contributed by atoms with Crippen LogP contribution in [0.3, 0.4) is 0 Å². The van der Waals surface area contributed by atoms with Crippen LogP contribution in [-0.4, -0.2) is 19.5 Å². The van der Waals surface area contributed by atoms with Crippen LogP contribution >= 0.6 is 23.2 Å². The Morgan fingerprint density at radius 2 is 1.48 bits per heavy atom. The average molecular weight is 446 g/mol. The van der Waals surface area contributed by atoms with Crippen LogP contribution in [0, 0.1) is 11.8 Å². The lowest BCUT2D eigenvalue weighted by molar-refractivity contribution is 0.0697. The molecule has 0 aliphatic rings. The van der Waals surface area contributed by atoms with Gasteiger partial charge < -0.3 is 5.11 Å². The van der Waals surface area contributed by atoms with Crippen LogP contribution < -0.4 is 4.72 Å². The van der Waals surface area contributed by atoms with Gasteiger partial charge in [-0.25, -0.2) is 13.2 Å². The molecule has 0 unspecified atom stereocenters. The Kier molecular flexibility index (Phi) is 6.14. The highest BCUT2D eigenvalue weighted by molar-refractivity contribution is 7.93. The van der Waals surface area contributed by atoms with Gasteiger partial charge in [-0.3, -0.25) is 4.72 Å². The lowest BCUT2D eigenvalue weighted by Crippen LogP contribution is -2.15. The smallest absolute Gasteiger partial charge is 0.335 e. The van der Waals surface area contributed by atoms with Gasteiger partial charge in [-0.2, -0.15) is 0 Å². The average Bonchev–Trinajstić information content (AvgIpc) is 2.67. The summed E-state index contributed by atoms with van der Waals surface area (Å²) >= 11 is 12.0. The molecule has 0 fully saturated rings. The highest BCUT2D eigenvalue weighted by Crippen LogP contribution is 2.31. The number of carboxylic acid groups (broad SMARTS) is 1. The molecule has 8 heteroatoms. The van der Waals surface area contributed by atoms with Gasteiger partial charge in [-0.1, -0.05) is 53.2 Å². The molecule has 0 bridgehead atoms. The van der Waals surface area contributed by atoms with Gasteiger partial charge in [0, 0.05) is 11.1 Å². The lowest BCUT2D eigenvalue weighted by Gasteiger charge is -2.12. The van der Waals surface area contributed by atoms with Gasteiger partial charge in [0.2, 0.25) is 0 Å². The summed E-state index contributed by atoms with van der Waals surface area (Å²) < 4.78 is 28.0. The molecule has 0 aliphatic carbocycles. The molecule has 0 aromatic heterocycles. The Morgan fingerprint density at radius 3 is 2.10 bits per heavy atom. The maximum atomic E-state index is 12.8. The third-order valence-electron chi connectivity index (χ3n) is 3.83. The van der Waals surface area contributed by atoms with Crippen molar-refractivity contribution in [3.63, 3.8) is 0 Å². The number of hydrogen-bond donors (Lipinski definition) is 2. The van der Waals surface area contributed by atoms with Crippen molar-refractivity contribution in [1.29, 1.82) is 0 Å². The standard InChI is InChI=1S/C21H13Cl2NO4S/c22-17-5-3-6-18(23)20(17)29(27,28)24-19-7-2-1-4-15(19)11-8-14-9-12-16(13-10-14)21(25)26/h1-7,9-10,12-13,24H,(H,25,26). The zero-order valence-corrected chi connectivity index (χ0v) is 17.0. The number of carboxylic acids is 1. The van der Waals surface area contributed by atoms with Gasteiger partial charge in [0.25, 0.3) is 10.0 Å². The van der Waals surface area contributed by atoms with E-state index in [1.54, 1.807) is 42.5 Å². The normalized spacial score (nSPS) is 10.7. The third kappa shape index (κ3) is 4.90. The van der Waals surface area contributed by atoms with E-state index in [0.717, 1.165) is 0 Å². The lowest BCUT2D eigenvalue weighted by atomic mass is 10.1. The van der Waals surface area contributed by atoms with Crippen molar-refractivity contribution in [2.45, 2.75) is 4.90 Å². The third-order valence-corrected chi connectivity index (χ3v) is 6.15. The Bertz CT molecular complexity index is 1220. The fourth-order valence-electron chi connectivity index (χ4n) is 2.45. The monoisotopic (exact) mass is 445 g/mol. The van der Waals surface area contributed by atoms with Crippen molar-refractivity contribution in [3.05, 3.63) is 93.5 Å². The first-order chi connectivity index (χ1) is 13.8. The van der Waals surface area contributed by atoms with E-state index >= 15 is 0 Å². The summed E-state index contributed by atoms with van der Waals surface area (Å²) in [5.74, 6) is 4.75. The number of halogens is 2. The van der Waals surface area contributed by atoms with Gasteiger partial charge >= 0.3 is 5.97 Å². The zero-order valence-electron chi connectivity index (χ0n) is 14.7. The number of aromatic carboxylic acids is 1. The second-order valence-corrected chi connectivity index (χ2v) is 8.27. The van der Waals surface area contributed by atoms with E-state index in [1.165, 1.54) is 24.3 Å². The molecule has 3 aromatic carbocycles. The Balaban J connectivity index is 1.93. The fraction of sp³-hybridized carbons (Fsp3) is 0. The summed E-state index contributed by atoms with van der Waals surface area (Å²) in [7, 11) is -4.04. The minimum Gasteiger partial charge on any atom is -0.478 e. The van der Waals surface area contributed by atoms with Crippen LogP contribution in [0.25, 0.3) is 0 Å². The summed E-state index contributed by atoms with van der Waals surface area (Å²) in [6.45, 7) is 0. The highest BCUT2D eigenvalue weighted by atomic mass is 35.5. The summed E-state index contributed by atoms with van der Waals surface area (Å²) in [4.78, 5) is 10.7. The summed E-state index contributed by atoms with van der Waals surface area (Å²) in [5, 5.41) is 8.95. The minimum atomic E-state index is -4.04. The maximum Gasteiger partial charge on any atom is 0.335 e. The topological polar surface area (TPSA) is 83.5 Å². The van der Waals surface area contributed by atoms with Crippen LogP contribution in [0.15, 0.2) is 71.6 Å². The molecular formula is C21H13Cl2NO4S. The molecule has 2 N–H and O–H groups in total. The van der Waals surface area contributed by atoms with E-state index in [-0.39, 0.29) is 26.2 Å². The molecule has 0 radical (unpaired) electrons. The molecule has 0 aliphatic heterocycles. The summed E-state index contributed by atoms with van der Waals surface area (Å²) in [6, 6.07) is 17.1. The first kappa shape index (κ1) is 20.7. The molecule has 0 saturated heterocycles. The molecule has 5 nitrogen and oxygen atoms in total. The predicted octanol–water partition coefficient (Wildman–Crippen LogP) is 4.89. The van der Waals surface area contributed by atoms with E-state index < -0.39 is 16.0 Å². The van der Waals surface area contributed by atoms with Crippen molar-refractivity contribution in [2.24, 2.45) is 0 Å². The van der Waals surface area contributed by atoms with Crippen LogP contribution in [0.5, 0.6) is 0 Å². The van der Waals surface area contributed by atoms with E-state index in [9.17, 15) is 13.2 Å². The first-order valence-corrected chi connectivity index (χ1v) is 10.4. The molecule has 0 saturated carbocycles. The number of carbonyl (C=O) groups is 1. The molecule has 29 heavy (non-hydrogen) atoms. The van der Waals surface area contributed by atoms with E-state index in [1.807, 2.05) is 0 Å². The number of sulfonamides is 1. The predicted molar refractivity (Wildman–Crippen MR) is 113 cm³/mol. The quantitative estimate of drug-likeness (QED) is 0.559. The molecule has 0 atom stereocenters. The van der Waals surface area contributed by atoms with E-state index in [2.05, 4.69) is 16.6 Å². The van der Waals surface area contributed by atoms with Crippen molar-refractivity contribution in [3.8, 4) is 11.8 Å². The summed E-state index contributed by atoms with van der Waals surface area (Å²) in [5.41, 5.74) is 1.43. The second kappa shape index (κ2) is 8.58. The molecule has 0 spiro atoms. The number of anilines is 1. The Hall–Kier alpha value is -2.98. The van der Waals surface area contributed by atoms with Gasteiger partial charge in [0.1, 0.15) is 4.90 Å². The highest BCUT2D eigenvalue weighted by Gasteiger charge is 2.22. The van der Waals surface area contributed by atoms with Gasteiger partial charge in [0.05, 0.1) is 21.3 Å². The molecule has 0 amide bonds. The fourth-order valence-corrected chi connectivity index (χ4v) is 4.68. The second-order valence-electron chi connectivity index (χ2n) is 5.83. The van der Waals surface area contributed by atoms with Crippen molar-refractivity contribution < 1.29 is 18.3 Å². The Labute approximate surface area is 178 Å². The van der Waals surface area contributed by atoms with Gasteiger partial charge in [-0.05, 0) is 48.5 Å². The number of hydrogen-bond acceptors (Lipinski definition) is 3. The zero-order chi connectivity index (χ0) is 21.0. The van der Waals surface area contributed by atoms with Crippen LogP contribution in [0.4, 0.5) is 5.69 Å². The molecule has 3 aromatic rings. The molecule has 3 rings (SSSR count). The van der Waals surface area contributed by atoms with Crippen molar-refractivity contribution >= 4 is 44.9 Å². The van der Waals surface area contributed by atoms with Crippen LogP contribution in [-0.2, 0) is 10.0 Å². The Morgan fingerprint density at radius 1 is 0.862 bits per heavy atom. The van der Waals surface area contributed by atoms with Crippen LogP contribution in [0.1, 0.15) is 21.5 Å². The summed E-state index contributed by atoms with van der Waals surface area (Å²) in [6.07, 6.45) is 0. The largest absolute Gasteiger partial charge is 0.478 e. The van der Waals surface area contributed by atoms with Crippen LogP contribution in [0.2, 0.25) is 10.0 Å². The number of benzene rings is 3. The number of nitrogens with one attached hydrogen (secondary N) is 1. The molecule has 0 heterocycles. The van der Waals surface area contributed by atoms with Crippen molar-refractivity contribution in [1.82, 2.24) is 0 Å². The van der Waals surface area contributed by atoms with Gasteiger partial charge in [0.15, 0.2) is 0 Å². The minimum absolute atomic E-state index is 0.00656. The van der Waals surface area contributed by atoms with E-state index in [0.29, 0.717) is 11.1 Å².